The molecule has 0 spiro atoms. The Morgan fingerprint density at radius 1 is 0.750 bits per heavy atom. The summed E-state index contributed by atoms with van der Waals surface area (Å²) in [6, 6.07) is 4.72. The number of ether oxygens (including phenoxy) is 6. The third kappa shape index (κ3) is 5.91. The van der Waals surface area contributed by atoms with Gasteiger partial charge in [0.2, 0.25) is 12.0 Å². The third-order valence-electron chi connectivity index (χ3n) is 7.65. The van der Waals surface area contributed by atoms with Gasteiger partial charge in [-0.25, -0.2) is 0 Å². The van der Waals surface area contributed by atoms with E-state index in [0.717, 1.165) is 12.1 Å². The number of rotatable bonds is 7. The monoisotopic (exact) mass is 626 g/mol. The Labute approximate surface area is 249 Å². The first-order chi connectivity index (χ1) is 20.8. The summed E-state index contributed by atoms with van der Waals surface area (Å²) in [6.45, 7) is 0.913. The lowest BCUT2D eigenvalue weighted by Gasteiger charge is -2.43. The highest BCUT2D eigenvalue weighted by Gasteiger charge is 2.48. The summed E-state index contributed by atoms with van der Waals surface area (Å²) in [5, 5.41) is 103. The topological polar surface area (TPSA) is 258 Å². The van der Waals surface area contributed by atoms with Crippen LogP contribution in [0.25, 0.3) is 6.08 Å². The molecule has 0 aromatic heterocycles. The Morgan fingerprint density at radius 3 is 2.14 bits per heavy atom. The third-order valence-corrected chi connectivity index (χ3v) is 7.65. The van der Waals surface area contributed by atoms with E-state index in [9.17, 15) is 51.1 Å². The smallest absolute Gasteiger partial charge is 0.228 e. The summed E-state index contributed by atoms with van der Waals surface area (Å²) >= 11 is 0. The van der Waals surface area contributed by atoms with Crippen LogP contribution in [0.4, 0.5) is 0 Å². The van der Waals surface area contributed by atoms with E-state index in [1.54, 1.807) is 0 Å². The Morgan fingerprint density at radius 2 is 1.43 bits per heavy atom. The van der Waals surface area contributed by atoms with Crippen LogP contribution in [0.15, 0.2) is 30.0 Å². The molecule has 3 heterocycles. The fourth-order valence-corrected chi connectivity index (χ4v) is 5.12. The van der Waals surface area contributed by atoms with Gasteiger partial charge in [-0.1, -0.05) is 0 Å². The fourth-order valence-electron chi connectivity index (χ4n) is 5.12. The molecule has 11 atom stereocenters. The van der Waals surface area contributed by atoms with Gasteiger partial charge in [-0.2, -0.15) is 0 Å². The predicted molar refractivity (Wildman–Crippen MR) is 144 cm³/mol. The zero-order valence-electron chi connectivity index (χ0n) is 23.4. The first-order valence-corrected chi connectivity index (χ1v) is 13.5. The summed E-state index contributed by atoms with van der Waals surface area (Å²) < 4.78 is 33.6. The van der Waals surface area contributed by atoms with E-state index in [-0.39, 0.29) is 34.1 Å². The standard InChI is InChI=1S/C28H34O16/c1-9-19(32)22(35)24(37)27(41-9)40-8-18-21(34)23(36)25(38)28(44-18)43-17-7-12-13(30)5-11(29)6-15(12)42-26(17)10-3-14(31)20(33)16(4-10)39-2/h3-7,9,18-19,21-38H,8H2,1-2H3/t9?,18?,19-,21+,22-,23?,24?,25?,26?,27+,28+/m0/s1. The molecule has 44 heavy (non-hydrogen) atoms. The molecule has 2 saturated heterocycles. The molecule has 0 aliphatic carbocycles. The average molecular weight is 627 g/mol. The number of phenols is 4. The van der Waals surface area contributed by atoms with Gasteiger partial charge in [-0.05, 0) is 25.1 Å². The van der Waals surface area contributed by atoms with Gasteiger partial charge in [0.15, 0.2) is 23.9 Å². The highest BCUT2D eigenvalue weighted by molar-refractivity contribution is 5.70. The lowest BCUT2D eigenvalue weighted by atomic mass is 9.98. The SMILES string of the molecule is COc1cc(C2Oc3cc(O)cc(O)c3C=C2O[C@@H]2OC(CO[C@@H]3OC(C)[C@H](O)[C@H](O)C3O)[C@@H](O)C(O)C2O)cc(O)c1O. The largest absolute Gasteiger partial charge is 0.508 e. The summed E-state index contributed by atoms with van der Waals surface area (Å²) in [7, 11) is 1.25. The van der Waals surface area contributed by atoms with Crippen molar-refractivity contribution in [2.75, 3.05) is 13.7 Å². The van der Waals surface area contributed by atoms with Crippen LogP contribution in [0.5, 0.6) is 34.5 Å². The van der Waals surface area contributed by atoms with Crippen molar-refractivity contribution in [2.45, 2.75) is 74.4 Å². The van der Waals surface area contributed by atoms with Crippen molar-refractivity contribution >= 4 is 6.08 Å². The molecule has 2 aromatic rings. The second kappa shape index (κ2) is 12.4. The van der Waals surface area contributed by atoms with E-state index in [2.05, 4.69) is 0 Å². The molecule has 5 rings (SSSR count). The first-order valence-electron chi connectivity index (χ1n) is 13.5. The average Bonchev–Trinajstić information content (AvgIpc) is 2.99. The lowest BCUT2D eigenvalue weighted by molar-refractivity contribution is -0.324. The zero-order valence-corrected chi connectivity index (χ0v) is 23.4. The fraction of sp³-hybridized carbons (Fsp3) is 0.500. The van der Waals surface area contributed by atoms with Gasteiger partial charge in [-0.15, -0.1) is 0 Å². The van der Waals surface area contributed by atoms with E-state index < -0.39 is 91.4 Å². The summed E-state index contributed by atoms with van der Waals surface area (Å²) in [4.78, 5) is 0. The molecule has 0 bridgehead atoms. The Kier molecular flexibility index (Phi) is 8.99. The van der Waals surface area contributed by atoms with E-state index >= 15 is 0 Å². The van der Waals surface area contributed by atoms with Crippen LogP contribution in [0.3, 0.4) is 0 Å². The van der Waals surface area contributed by atoms with Gasteiger partial charge in [0.05, 0.1) is 25.4 Å². The minimum Gasteiger partial charge on any atom is -0.508 e. The summed E-state index contributed by atoms with van der Waals surface area (Å²) in [5.74, 6) is -2.11. The molecule has 2 aromatic carbocycles. The summed E-state index contributed by atoms with van der Waals surface area (Å²) in [5.41, 5.74) is 0.217. The Balaban J connectivity index is 1.42. The van der Waals surface area contributed by atoms with Gasteiger partial charge >= 0.3 is 0 Å². The van der Waals surface area contributed by atoms with Crippen LogP contribution in [0.1, 0.15) is 24.2 Å². The van der Waals surface area contributed by atoms with Crippen molar-refractivity contribution in [1.82, 2.24) is 0 Å². The van der Waals surface area contributed by atoms with Gasteiger partial charge < -0.3 is 79.5 Å². The molecule has 242 valence electrons. The molecule has 10 N–H and O–H groups in total. The number of aliphatic hydroxyl groups is 6. The van der Waals surface area contributed by atoms with Crippen LogP contribution in [-0.2, 0) is 18.9 Å². The van der Waals surface area contributed by atoms with Crippen molar-refractivity contribution in [3.63, 3.8) is 0 Å². The number of methoxy groups -OCH3 is 1. The number of fused-ring (bicyclic) bond motifs is 1. The number of benzene rings is 2. The van der Waals surface area contributed by atoms with Crippen LogP contribution >= 0.6 is 0 Å². The van der Waals surface area contributed by atoms with Gasteiger partial charge in [0.25, 0.3) is 0 Å². The number of phenolic OH excluding ortho intramolecular Hbond substituents is 4. The molecule has 0 amide bonds. The highest BCUT2D eigenvalue weighted by Crippen LogP contribution is 2.47. The van der Waals surface area contributed by atoms with Gasteiger partial charge in [0.1, 0.15) is 65.7 Å². The first kappa shape index (κ1) is 31.8. The van der Waals surface area contributed by atoms with E-state index in [4.69, 9.17) is 28.4 Å². The van der Waals surface area contributed by atoms with E-state index in [1.165, 1.54) is 32.2 Å². The maximum absolute atomic E-state index is 10.7. The molecule has 16 nitrogen and oxygen atoms in total. The molecule has 3 aliphatic rings. The van der Waals surface area contributed by atoms with Crippen LogP contribution < -0.4 is 9.47 Å². The maximum atomic E-state index is 10.7. The van der Waals surface area contributed by atoms with Gasteiger partial charge in [0, 0.05) is 17.7 Å². The minimum absolute atomic E-state index is 0.00537. The Bertz CT molecular complexity index is 1380. The molecule has 0 radical (unpaired) electrons. The summed E-state index contributed by atoms with van der Waals surface area (Å²) in [6.07, 6.45) is -15.4. The van der Waals surface area contributed by atoms with Crippen molar-refractivity contribution in [1.29, 1.82) is 0 Å². The van der Waals surface area contributed by atoms with Crippen molar-refractivity contribution < 1.29 is 79.5 Å². The van der Waals surface area contributed by atoms with E-state index in [0.29, 0.717) is 0 Å². The van der Waals surface area contributed by atoms with Crippen LogP contribution in [0, 0.1) is 0 Å². The molecule has 16 heteroatoms. The molecule has 0 saturated carbocycles. The second-order valence-corrected chi connectivity index (χ2v) is 10.7. The number of hydrogen-bond acceptors (Lipinski definition) is 16. The second-order valence-electron chi connectivity index (χ2n) is 10.7. The maximum Gasteiger partial charge on any atom is 0.228 e. The molecule has 3 aliphatic heterocycles. The van der Waals surface area contributed by atoms with Crippen molar-refractivity contribution in [2.24, 2.45) is 0 Å². The molecule has 2 fully saturated rings. The minimum atomic E-state index is -1.84. The predicted octanol–water partition coefficient (Wildman–Crippen LogP) is -1.34. The normalized spacial score (nSPS) is 35.3. The lowest BCUT2D eigenvalue weighted by Crippen LogP contribution is -2.61. The van der Waals surface area contributed by atoms with E-state index in [1.807, 2.05) is 0 Å². The molecule has 6 unspecified atom stereocenters. The van der Waals surface area contributed by atoms with Crippen molar-refractivity contribution in [3.8, 4) is 34.5 Å². The zero-order chi connectivity index (χ0) is 32.0. The molecular formula is C28H34O16. The Hall–Kier alpha value is -3.58. The number of aromatic hydroxyl groups is 4. The number of aliphatic hydroxyl groups excluding tert-OH is 6. The quantitative estimate of drug-likeness (QED) is 0.160. The van der Waals surface area contributed by atoms with Crippen LogP contribution in [-0.4, -0.2) is 126 Å². The van der Waals surface area contributed by atoms with Gasteiger partial charge in [-0.3, -0.25) is 0 Å². The molecular weight excluding hydrogens is 592 g/mol. The number of hydrogen-bond donors (Lipinski definition) is 10. The van der Waals surface area contributed by atoms with Crippen LogP contribution in [0.2, 0.25) is 0 Å². The van der Waals surface area contributed by atoms with Crippen molar-refractivity contribution in [3.05, 3.63) is 41.2 Å². The highest BCUT2D eigenvalue weighted by atomic mass is 16.7.